The molecule has 0 atom stereocenters. The van der Waals surface area contributed by atoms with Crippen LogP contribution in [0.25, 0.3) is 10.9 Å². The maximum absolute atomic E-state index is 14.4. The van der Waals surface area contributed by atoms with Gasteiger partial charge in [0.2, 0.25) is 0 Å². The molecule has 0 saturated heterocycles. The molecule has 3 rings (SSSR count). The molecule has 0 amide bonds. The van der Waals surface area contributed by atoms with Gasteiger partial charge in [0, 0.05) is 25.1 Å². The highest BCUT2D eigenvalue weighted by atomic mass is 79.9. The maximum Gasteiger partial charge on any atom is 0.187 e. The van der Waals surface area contributed by atoms with Crippen LogP contribution in [0.4, 0.5) is 15.8 Å². The van der Waals surface area contributed by atoms with E-state index in [1.165, 1.54) is 6.07 Å². The molecule has 0 radical (unpaired) electrons. The molecule has 0 aliphatic carbocycles. The summed E-state index contributed by atoms with van der Waals surface area (Å²) in [5.41, 5.74) is 7.32. The molecule has 0 unspecified atom stereocenters. The normalized spacial score (nSPS) is 10.7. The van der Waals surface area contributed by atoms with Gasteiger partial charge in [0.15, 0.2) is 5.69 Å². The molecule has 0 aliphatic rings. The number of nitriles is 1. The Morgan fingerprint density at radius 1 is 1.25 bits per heavy atom. The molecule has 1 heterocycles. The predicted octanol–water partition coefficient (Wildman–Crippen LogP) is 3.63. The van der Waals surface area contributed by atoms with E-state index in [1.54, 1.807) is 31.4 Å². The Balaban J connectivity index is 2.05. The van der Waals surface area contributed by atoms with Crippen LogP contribution in [0.5, 0.6) is 5.75 Å². The van der Waals surface area contributed by atoms with E-state index in [-0.39, 0.29) is 17.9 Å². The van der Waals surface area contributed by atoms with Crippen LogP contribution in [0.1, 0.15) is 11.3 Å². The largest absolute Gasteiger partial charge is 0.490 e. The number of methoxy groups -OCH3 is 1. The van der Waals surface area contributed by atoms with Gasteiger partial charge in [-0.15, -0.1) is 10.2 Å². The lowest BCUT2D eigenvalue weighted by Gasteiger charge is -2.14. The van der Waals surface area contributed by atoms with Gasteiger partial charge in [-0.3, -0.25) is 0 Å². The Labute approximate surface area is 169 Å². The first kappa shape index (κ1) is 19.9. The zero-order chi connectivity index (χ0) is 20.1. The minimum atomic E-state index is -0.476. The van der Waals surface area contributed by atoms with Gasteiger partial charge in [-0.1, -0.05) is 6.07 Å². The van der Waals surface area contributed by atoms with Crippen LogP contribution < -0.4 is 15.8 Å². The standard InChI is InChI=1S/C19H17BrFN5O2/c1-27-4-5-28-18-8-16-12(7-13(18)20)19(17(10-23)26-25-16)24-15-3-2-11(9-22)6-14(15)21/h2-3,6-8H,4-5,9,22H2,1H3,(H,24,25). The second-order valence-electron chi connectivity index (χ2n) is 5.82. The SMILES string of the molecule is COCCOc1cc2nnc(C#N)c(Nc3ccc(CN)cc3F)c2cc1Br. The lowest BCUT2D eigenvalue weighted by molar-refractivity contribution is 0.146. The molecule has 144 valence electrons. The number of rotatable bonds is 7. The Hall–Kier alpha value is -2.80. The second kappa shape index (κ2) is 8.93. The summed E-state index contributed by atoms with van der Waals surface area (Å²) in [5, 5.41) is 21.0. The zero-order valence-electron chi connectivity index (χ0n) is 15.0. The number of nitrogens with two attached hydrogens (primary N) is 1. The van der Waals surface area contributed by atoms with Gasteiger partial charge in [-0.05, 0) is 39.7 Å². The minimum absolute atomic E-state index is 0.0507. The van der Waals surface area contributed by atoms with E-state index in [9.17, 15) is 9.65 Å². The third-order valence-corrected chi connectivity index (χ3v) is 4.61. The second-order valence-corrected chi connectivity index (χ2v) is 6.67. The summed E-state index contributed by atoms with van der Waals surface area (Å²) in [6, 6.07) is 10.1. The molecule has 0 aliphatic heterocycles. The Kier molecular flexibility index (Phi) is 6.36. The highest BCUT2D eigenvalue weighted by Crippen LogP contribution is 2.35. The molecule has 2 aromatic carbocycles. The van der Waals surface area contributed by atoms with E-state index in [1.807, 2.05) is 6.07 Å². The van der Waals surface area contributed by atoms with Crippen molar-refractivity contribution in [3.05, 3.63) is 51.9 Å². The number of hydrogen-bond acceptors (Lipinski definition) is 7. The fourth-order valence-electron chi connectivity index (χ4n) is 2.58. The van der Waals surface area contributed by atoms with Crippen molar-refractivity contribution in [1.29, 1.82) is 5.26 Å². The summed E-state index contributed by atoms with van der Waals surface area (Å²) < 4.78 is 25.7. The number of hydrogen-bond donors (Lipinski definition) is 2. The van der Waals surface area contributed by atoms with Gasteiger partial charge in [-0.25, -0.2) is 4.39 Å². The topological polar surface area (TPSA) is 106 Å². The molecule has 3 aromatic rings. The fraction of sp³-hybridized carbons (Fsp3) is 0.211. The van der Waals surface area contributed by atoms with Crippen molar-refractivity contribution in [3.8, 4) is 11.8 Å². The molecule has 0 saturated carbocycles. The number of aromatic nitrogens is 2. The predicted molar refractivity (Wildman–Crippen MR) is 107 cm³/mol. The molecule has 0 spiro atoms. The van der Waals surface area contributed by atoms with E-state index in [0.29, 0.717) is 45.6 Å². The summed E-state index contributed by atoms with van der Waals surface area (Å²) in [6.45, 7) is 1.04. The number of fused-ring (bicyclic) bond motifs is 1. The van der Waals surface area contributed by atoms with Crippen molar-refractivity contribution in [3.63, 3.8) is 0 Å². The van der Waals surface area contributed by atoms with Gasteiger partial charge in [0.25, 0.3) is 0 Å². The molecule has 3 N–H and O–H groups in total. The first-order chi connectivity index (χ1) is 13.6. The number of benzene rings is 2. The lowest BCUT2D eigenvalue weighted by Crippen LogP contribution is -2.06. The van der Waals surface area contributed by atoms with Crippen molar-refractivity contribution < 1.29 is 13.9 Å². The van der Waals surface area contributed by atoms with Crippen LogP contribution in [0.2, 0.25) is 0 Å². The van der Waals surface area contributed by atoms with Crippen LogP contribution in [0.3, 0.4) is 0 Å². The Bertz CT molecular complexity index is 1050. The Morgan fingerprint density at radius 2 is 2.07 bits per heavy atom. The lowest BCUT2D eigenvalue weighted by atomic mass is 10.1. The van der Waals surface area contributed by atoms with E-state index in [4.69, 9.17) is 15.2 Å². The smallest absolute Gasteiger partial charge is 0.187 e. The van der Waals surface area contributed by atoms with Crippen LogP contribution in [0.15, 0.2) is 34.8 Å². The molecule has 28 heavy (non-hydrogen) atoms. The average molecular weight is 446 g/mol. The van der Waals surface area contributed by atoms with Gasteiger partial charge >= 0.3 is 0 Å². The summed E-state index contributed by atoms with van der Waals surface area (Å²) in [7, 11) is 1.59. The summed E-state index contributed by atoms with van der Waals surface area (Å²) in [4.78, 5) is 0. The summed E-state index contributed by atoms with van der Waals surface area (Å²) in [6.07, 6.45) is 0. The monoisotopic (exact) mass is 445 g/mol. The molecule has 9 heteroatoms. The molecule has 0 bridgehead atoms. The number of anilines is 2. The van der Waals surface area contributed by atoms with Crippen molar-refractivity contribution in [2.45, 2.75) is 6.54 Å². The van der Waals surface area contributed by atoms with E-state index < -0.39 is 5.82 Å². The highest BCUT2D eigenvalue weighted by Gasteiger charge is 2.16. The third-order valence-electron chi connectivity index (χ3n) is 3.99. The summed E-state index contributed by atoms with van der Waals surface area (Å²) >= 11 is 3.46. The first-order valence-corrected chi connectivity index (χ1v) is 9.14. The van der Waals surface area contributed by atoms with E-state index in [0.717, 1.165) is 0 Å². The quantitative estimate of drug-likeness (QED) is 0.534. The van der Waals surface area contributed by atoms with Crippen LogP contribution in [0, 0.1) is 17.1 Å². The van der Waals surface area contributed by atoms with Gasteiger partial charge in [0.1, 0.15) is 24.2 Å². The molecular formula is C19H17BrFN5O2. The number of nitrogens with one attached hydrogen (secondary N) is 1. The van der Waals surface area contributed by atoms with E-state index >= 15 is 0 Å². The van der Waals surface area contributed by atoms with Crippen molar-refractivity contribution >= 4 is 38.2 Å². The third kappa shape index (κ3) is 4.20. The van der Waals surface area contributed by atoms with Gasteiger partial charge < -0.3 is 20.5 Å². The molecular weight excluding hydrogens is 429 g/mol. The first-order valence-electron chi connectivity index (χ1n) is 8.34. The number of nitrogens with zero attached hydrogens (tertiary/aromatic N) is 3. The average Bonchev–Trinajstić information content (AvgIpc) is 2.70. The van der Waals surface area contributed by atoms with Crippen molar-refractivity contribution in [1.82, 2.24) is 10.2 Å². The van der Waals surface area contributed by atoms with Gasteiger partial charge in [0.05, 0.1) is 28.0 Å². The van der Waals surface area contributed by atoms with Gasteiger partial charge in [-0.2, -0.15) is 5.26 Å². The van der Waals surface area contributed by atoms with Crippen LogP contribution in [-0.4, -0.2) is 30.5 Å². The highest BCUT2D eigenvalue weighted by molar-refractivity contribution is 9.10. The van der Waals surface area contributed by atoms with Crippen LogP contribution in [-0.2, 0) is 11.3 Å². The molecule has 1 aromatic heterocycles. The zero-order valence-corrected chi connectivity index (χ0v) is 16.6. The minimum Gasteiger partial charge on any atom is -0.490 e. The Morgan fingerprint density at radius 3 is 2.75 bits per heavy atom. The van der Waals surface area contributed by atoms with Crippen LogP contribution >= 0.6 is 15.9 Å². The number of ether oxygens (including phenoxy) is 2. The maximum atomic E-state index is 14.4. The van der Waals surface area contributed by atoms with Crippen molar-refractivity contribution in [2.24, 2.45) is 5.73 Å². The van der Waals surface area contributed by atoms with Crippen molar-refractivity contribution in [2.75, 3.05) is 25.6 Å². The molecule has 7 nitrogen and oxygen atoms in total. The summed E-state index contributed by atoms with van der Waals surface area (Å²) in [5.74, 6) is 0.0865. The van der Waals surface area contributed by atoms with E-state index in [2.05, 4.69) is 31.4 Å². The number of halogens is 2. The fourth-order valence-corrected chi connectivity index (χ4v) is 3.04. The molecule has 0 fully saturated rings.